The summed E-state index contributed by atoms with van der Waals surface area (Å²) in [6.45, 7) is 15.0. The zero-order valence-electron chi connectivity index (χ0n) is 20.8. The Labute approximate surface area is 197 Å². The summed E-state index contributed by atoms with van der Waals surface area (Å²) in [7, 11) is 0. The molecule has 33 heavy (non-hydrogen) atoms. The van der Waals surface area contributed by atoms with E-state index < -0.39 is 5.60 Å². The van der Waals surface area contributed by atoms with Crippen LogP contribution in [0.25, 0.3) is 11.0 Å². The van der Waals surface area contributed by atoms with Crippen molar-refractivity contribution in [3.05, 3.63) is 17.5 Å². The number of ether oxygens (including phenoxy) is 2. The van der Waals surface area contributed by atoms with Crippen LogP contribution in [0.4, 0.5) is 5.69 Å². The van der Waals surface area contributed by atoms with Gasteiger partial charge >= 0.3 is 5.97 Å². The highest BCUT2D eigenvalue weighted by molar-refractivity contribution is 5.91. The smallest absolute Gasteiger partial charge is 0.309 e. The number of rotatable bonds is 6. The molecule has 0 aliphatic carbocycles. The van der Waals surface area contributed by atoms with E-state index in [9.17, 15) is 4.79 Å². The number of nitrogens with zero attached hydrogens (tertiary/aromatic N) is 4. The fourth-order valence-corrected chi connectivity index (χ4v) is 4.81. The number of aromatic nitrogens is 3. The molecule has 0 saturated carbocycles. The predicted octanol–water partition coefficient (Wildman–Crippen LogP) is 3.90. The maximum absolute atomic E-state index is 12.5. The first-order valence-corrected chi connectivity index (χ1v) is 12.4. The zero-order valence-corrected chi connectivity index (χ0v) is 20.8. The molecule has 0 spiro atoms. The normalized spacial score (nSPS) is 19.2. The number of likely N-dealkylation sites (tertiary alicyclic amines) is 1. The SMILES string of the molecule is CCn1ncc2c(NC3CCOCC3)c(CN3CCC(C(=O)OC(C)(C)C)CC3)c(C)nc21. The van der Waals surface area contributed by atoms with Crippen molar-refractivity contribution in [1.29, 1.82) is 0 Å². The van der Waals surface area contributed by atoms with Crippen LogP contribution in [-0.4, -0.2) is 63.6 Å². The first-order chi connectivity index (χ1) is 15.7. The second kappa shape index (κ2) is 9.97. The molecule has 0 amide bonds. The molecular weight excluding hydrogens is 418 g/mol. The third-order valence-electron chi connectivity index (χ3n) is 6.67. The number of aryl methyl sites for hydroxylation is 2. The van der Waals surface area contributed by atoms with Gasteiger partial charge < -0.3 is 14.8 Å². The summed E-state index contributed by atoms with van der Waals surface area (Å²) >= 11 is 0. The van der Waals surface area contributed by atoms with Gasteiger partial charge in [-0.2, -0.15) is 5.10 Å². The van der Waals surface area contributed by atoms with Gasteiger partial charge in [0.1, 0.15) is 5.60 Å². The number of piperidine rings is 1. The lowest BCUT2D eigenvalue weighted by atomic mass is 9.95. The lowest BCUT2D eigenvalue weighted by molar-refractivity contribution is -0.161. The second-order valence-corrected chi connectivity index (χ2v) is 10.4. The zero-order chi connectivity index (χ0) is 23.6. The van der Waals surface area contributed by atoms with E-state index in [2.05, 4.69) is 29.2 Å². The number of anilines is 1. The summed E-state index contributed by atoms with van der Waals surface area (Å²) in [5.41, 5.74) is 3.96. The molecule has 1 N–H and O–H groups in total. The molecule has 2 aliphatic heterocycles. The fourth-order valence-electron chi connectivity index (χ4n) is 4.81. The Hall–Kier alpha value is -2.19. The highest BCUT2D eigenvalue weighted by Crippen LogP contribution is 2.32. The van der Waals surface area contributed by atoms with Gasteiger partial charge in [0.05, 0.1) is 23.2 Å². The first-order valence-electron chi connectivity index (χ1n) is 12.4. The van der Waals surface area contributed by atoms with E-state index in [4.69, 9.17) is 14.5 Å². The van der Waals surface area contributed by atoms with Crippen molar-refractivity contribution in [2.45, 2.75) is 85.0 Å². The van der Waals surface area contributed by atoms with Gasteiger partial charge in [0.25, 0.3) is 0 Å². The highest BCUT2D eigenvalue weighted by Gasteiger charge is 2.30. The van der Waals surface area contributed by atoms with Crippen LogP contribution < -0.4 is 5.32 Å². The Kier molecular flexibility index (Phi) is 7.24. The van der Waals surface area contributed by atoms with E-state index >= 15 is 0 Å². The third kappa shape index (κ3) is 5.66. The number of hydrogen-bond acceptors (Lipinski definition) is 7. The van der Waals surface area contributed by atoms with Gasteiger partial charge in [-0.25, -0.2) is 9.67 Å². The third-order valence-corrected chi connectivity index (χ3v) is 6.67. The van der Waals surface area contributed by atoms with Crippen molar-refractivity contribution in [2.75, 3.05) is 31.6 Å². The summed E-state index contributed by atoms with van der Waals surface area (Å²) in [6, 6.07) is 0.394. The highest BCUT2D eigenvalue weighted by atomic mass is 16.6. The molecule has 2 aromatic heterocycles. The van der Waals surface area contributed by atoms with Crippen LogP contribution in [0.15, 0.2) is 6.20 Å². The quantitative estimate of drug-likeness (QED) is 0.659. The number of esters is 1. The van der Waals surface area contributed by atoms with Gasteiger partial charge in [0.2, 0.25) is 0 Å². The molecule has 2 aliphatic rings. The van der Waals surface area contributed by atoms with E-state index in [0.717, 1.165) is 81.8 Å². The van der Waals surface area contributed by atoms with Gasteiger partial charge in [0, 0.05) is 43.6 Å². The molecule has 4 heterocycles. The molecule has 2 saturated heterocycles. The average Bonchev–Trinajstić information content (AvgIpc) is 3.18. The Morgan fingerprint density at radius 3 is 2.55 bits per heavy atom. The lowest BCUT2D eigenvalue weighted by Crippen LogP contribution is -2.38. The molecule has 0 radical (unpaired) electrons. The van der Waals surface area contributed by atoms with Crippen LogP contribution in [-0.2, 0) is 27.4 Å². The van der Waals surface area contributed by atoms with Gasteiger partial charge in [-0.05, 0) is 73.4 Å². The molecule has 0 unspecified atom stereocenters. The standard InChI is InChI=1S/C25H39N5O3/c1-6-30-23-20(15-26-30)22(28-19-9-13-32-14-10-19)21(17(2)27-23)16-29-11-7-18(8-12-29)24(31)33-25(3,4)5/h15,18-19H,6-14,16H2,1-5H3,(H,27,28). The Morgan fingerprint density at radius 1 is 1.21 bits per heavy atom. The van der Waals surface area contributed by atoms with Crippen molar-refractivity contribution in [1.82, 2.24) is 19.7 Å². The molecule has 8 heteroatoms. The van der Waals surface area contributed by atoms with E-state index in [0.29, 0.717) is 6.04 Å². The number of carbonyl (C=O) groups excluding carboxylic acids is 1. The van der Waals surface area contributed by atoms with Crippen LogP contribution in [0.5, 0.6) is 0 Å². The van der Waals surface area contributed by atoms with Crippen LogP contribution in [0.2, 0.25) is 0 Å². The molecule has 2 fully saturated rings. The van der Waals surface area contributed by atoms with E-state index in [1.165, 1.54) is 11.3 Å². The average molecular weight is 458 g/mol. The number of carbonyl (C=O) groups is 1. The number of hydrogen-bond donors (Lipinski definition) is 1. The molecule has 0 atom stereocenters. The minimum absolute atomic E-state index is 0.00945. The summed E-state index contributed by atoms with van der Waals surface area (Å²) in [6.07, 6.45) is 5.63. The number of nitrogens with one attached hydrogen (secondary N) is 1. The summed E-state index contributed by atoms with van der Waals surface area (Å²) in [5, 5.41) is 9.51. The van der Waals surface area contributed by atoms with E-state index in [1.807, 2.05) is 31.6 Å². The van der Waals surface area contributed by atoms with Gasteiger partial charge in [-0.3, -0.25) is 9.69 Å². The number of pyridine rings is 1. The van der Waals surface area contributed by atoms with Crippen molar-refractivity contribution >= 4 is 22.7 Å². The Morgan fingerprint density at radius 2 is 1.91 bits per heavy atom. The van der Waals surface area contributed by atoms with Gasteiger partial charge in [-0.15, -0.1) is 0 Å². The molecule has 182 valence electrons. The largest absolute Gasteiger partial charge is 0.460 e. The van der Waals surface area contributed by atoms with Gasteiger partial charge in [0.15, 0.2) is 5.65 Å². The van der Waals surface area contributed by atoms with Crippen molar-refractivity contribution in [3.8, 4) is 0 Å². The molecule has 0 aromatic carbocycles. The van der Waals surface area contributed by atoms with Crippen LogP contribution >= 0.6 is 0 Å². The maximum atomic E-state index is 12.5. The van der Waals surface area contributed by atoms with Crippen molar-refractivity contribution in [3.63, 3.8) is 0 Å². The Bertz CT molecular complexity index is 967. The molecular formula is C25H39N5O3. The van der Waals surface area contributed by atoms with Crippen LogP contribution in [0, 0.1) is 12.8 Å². The minimum atomic E-state index is -0.430. The summed E-state index contributed by atoms with van der Waals surface area (Å²) in [5.74, 6) is -0.0694. The monoisotopic (exact) mass is 457 g/mol. The number of fused-ring (bicyclic) bond motifs is 1. The van der Waals surface area contributed by atoms with E-state index in [1.54, 1.807) is 0 Å². The topological polar surface area (TPSA) is 81.5 Å². The molecule has 8 nitrogen and oxygen atoms in total. The fraction of sp³-hybridized carbons (Fsp3) is 0.720. The summed E-state index contributed by atoms with van der Waals surface area (Å²) in [4.78, 5) is 19.9. The first kappa shape index (κ1) is 24.0. The second-order valence-electron chi connectivity index (χ2n) is 10.4. The lowest BCUT2D eigenvalue weighted by Gasteiger charge is -2.33. The van der Waals surface area contributed by atoms with Crippen LogP contribution in [0.1, 0.15) is 64.6 Å². The van der Waals surface area contributed by atoms with Crippen LogP contribution in [0.3, 0.4) is 0 Å². The van der Waals surface area contributed by atoms with Crippen molar-refractivity contribution < 1.29 is 14.3 Å². The Balaban J connectivity index is 1.53. The molecule has 4 rings (SSSR count). The van der Waals surface area contributed by atoms with Gasteiger partial charge in [-0.1, -0.05) is 0 Å². The predicted molar refractivity (Wildman–Crippen MR) is 129 cm³/mol. The van der Waals surface area contributed by atoms with Crippen molar-refractivity contribution in [2.24, 2.45) is 5.92 Å². The minimum Gasteiger partial charge on any atom is -0.460 e. The van der Waals surface area contributed by atoms with E-state index in [-0.39, 0.29) is 11.9 Å². The summed E-state index contributed by atoms with van der Waals surface area (Å²) < 4.78 is 13.2. The maximum Gasteiger partial charge on any atom is 0.309 e. The molecule has 0 bridgehead atoms. The molecule has 2 aromatic rings.